The fourth-order valence-corrected chi connectivity index (χ4v) is 4.45. The lowest BCUT2D eigenvalue weighted by Crippen LogP contribution is -2.48. The van der Waals surface area contributed by atoms with E-state index in [0.717, 1.165) is 24.5 Å². The lowest BCUT2D eigenvalue weighted by atomic mass is 9.89. The van der Waals surface area contributed by atoms with Gasteiger partial charge in [0.25, 0.3) is 0 Å². The van der Waals surface area contributed by atoms with Crippen molar-refractivity contribution in [1.82, 2.24) is 15.1 Å². The first kappa shape index (κ1) is 24.8. The number of halogens is 3. The van der Waals surface area contributed by atoms with Crippen molar-refractivity contribution in [2.75, 3.05) is 25.0 Å². The van der Waals surface area contributed by atoms with Gasteiger partial charge in [0.2, 0.25) is 0 Å². The number of carbonyl (C=O) groups is 2. The van der Waals surface area contributed by atoms with E-state index < -0.39 is 29.1 Å². The standard InChI is InChI=1S/C25H29F3N4O3/c1-25(2,35)14-29-23(33)31-9-7-16(8-10-31)15-3-5-18(6-4-15)30-24(34)32-12-17-11-20(26)22(28)21(27)19(17)13-32/h3-6,11,16,35H,7-10,12-14H2,1-2H3,(H,29,33)(H,30,34). The minimum absolute atomic E-state index is 0.00464. The highest BCUT2D eigenvalue weighted by molar-refractivity contribution is 5.89. The Kier molecular flexibility index (Phi) is 6.93. The predicted octanol–water partition coefficient (Wildman–Crippen LogP) is 4.31. The maximum atomic E-state index is 14.0. The van der Waals surface area contributed by atoms with Crippen LogP contribution in [0, 0.1) is 17.5 Å². The third kappa shape index (κ3) is 5.70. The fraction of sp³-hybridized carbons (Fsp3) is 0.440. The number of aliphatic hydroxyl groups is 1. The molecule has 0 aromatic heterocycles. The number of hydrogen-bond donors (Lipinski definition) is 3. The Balaban J connectivity index is 1.29. The quantitative estimate of drug-likeness (QED) is 0.559. The molecule has 2 heterocycles. The predicted molar refractivity (Wildman–Crippen MR) is 124 cm³/mol. The first-order valence-electron chi connectivity index (χ1n) is 11.6. The van der Waals surface area contributed by atoms with E-state index in [2.05, 4.69) is 10.6 Å². The highest BCUT2D eigenvalue weighted by Gasteiger charge is 2.30. The number of nitrogens with zero attached hydrogens (tertiary/aromatic N) is 2. The van der Waals surface area contributed by atoms with E-state index in [1.165, 1.54) is 4.90 Å². The lowest BCUT2D eigenvalue weighted by Gasteiger charge is -2.33. The molecule has 2 aromatic carbocycles. The first-order valence-corrected chi connectivity index (χ1v) is 11.6. The van der Waals surface area contributed by atoms with Crippen LogP contribution in [0.4, 0.5) is 28.4 Å². The Morgan fingerprint density at radius 3 is 2.29 bits per heavy atom. The summed E-state index contributed by atoms with van der Waals surface area (Å²) >= 11 is 0. The summed E-state index contributed by atoms with van der Waals surface area (Å²) in [5.41, 5.74) is 0.939. The molecule has 0 aliphatic carbocycles. The SMILES string of the molecule is CC(C)(O)CNC(=O)N1CCC(c2ccc(NC(=O)N3Cc4cc(F)c(F)c(F)c4C3)cc2)CC1. The molecule has 0 radical (unpaired) electrons. The molecular weight excluding hydrogens is 461 g/mol. The van der Waals surface area contributed by atoms with Crippen molar-refractivity contribution in [3.05, 3.63) is 64.5 Å². The van der Waals surface area contributed by atoms with Crippen LogP contribution >= 0.6 is 0 Å². The topological polar surface area (TPSA) is 84.9 Å². The summed E-state index contributed by atoms with van der Waals surface area (Å²) < 4.78 is 41.0. The van der Waals surface area contributed by atoms with Crippen LogP contribution in [0.3, 0.4) is 0 Å². The molecule has 4 amide bonds. The van der Waals surface area contributed by atoms with Crippen LogP contribution in [0.1, 0.15) is 49.3 Å². The van der Waals surface area contributed by atoms with Gasteiger partial charge in [-0.25, -0.2) is 22.8 Å². The van der Waals surface area contributed by atoms with Crippen molar-refractivity contribution in [3.8, 4) is 0 Å². The third-order valence-electron chi connectivity index (χ3n) is 6.44. The number of rotatable bonds is 4. The smallest absolute Gasteiger partial charge is 0.322 e. The Morgan fingerprint density at radius 2 is 1.66 bits per heavy atom. The number of piperidine rings is 1. The molecule has 0 bridgehead atoms. The maximum absolute atomic E-state index is 14.0. The summed E-state index contributed by atoms with van der Waals surface area (Å²) in [7, 11) is 0. The Bertz CT molecular complexity index is 1110. The average molecular weight is 491 g/mol. The van der Waals surface area contributed by atoms with Crippen molar-refractivity contribution in [2.45, 2.75) is 51.3 Å². The third-order valence-corrected chi connectivity index (χ3v) is 6.44. The molecule has 10 heteroatoms. The summed E-state index contributed by atoms with van der Waals surface area (Å²) in [4.78, 5) is 27.9. The minimum atomic E-state index is -1.53. The van der Waals surface area contributed by atoms with Crippen molar-refractivity contribution < 1.29 is 27.9 Å². The van der Waals surface area contributed by atoms with Crippen molar-refractivity contribution >= 4 is 17.7 Å². The molecular formula is C25H29F3N4O3. The molecule has 7 nitrogen and oxygen atoms in total. The van der Waals surface area contributed by atoms with Crippen LogP contribution in [-0.2, 0) is 13.1 Å². The van der Waals surface area contributed by atoms with E-state index in [-0.39, 0.29) is 42.7 Å². The summed E-state index contributed by atoms with van der Waals surface area (Å²) in [6.07, 6.45) is 1.60. The minimum Gasteiger partial charge on any atom is -0.389 e. The van der Waals surface area contributed by atoms with E-state index in [1.54, 1.807) is 30.9 Å². The average Bonchev–Trinajstić information content (AvgIpc) is 3.25. The molecule has 3 N–H and O–H groups in total. The molecule has 0 saturated carbocycles. The monoisotopic (exact) mass is 490 g/mol. The second-order valence-electron chi connectivity index (χ2n) is 9.76. The number of benzene rings is 2. The van der Waals surface area contributed by atoms with E-state index in [0.29, 0.717) is 18.8 Å². The molecule has 35 heavy (non-hydrogen) atoms. The van der Waals surface area contributed by atoms with Crippen molar-refractivity contribution in [2.24, 2.45) is 0 Å². The number of hydrogen-bond acceptors (Lipinski definition) is 3. The van der Waals surface area contributed by atoms with Gasteiger partial charge in [0.1, 0.15) is 0 Å². The van der Waals surface area contributed by atoms with E-state index in [9.17, 15) is 27.9 Å². The van der Waals surface area contributed by atoms with Gasteiger partial charge in [-0.2, -0.15) is 0 Å². The van der Waals surface area contributed by atoms with Gasteiger partial charge in [-0.3, -0.25) is 0 Å². The Labute approximate surface area is 201 Å². The summed E-state index contributed by atoms with van der Waals surface area (Å²) in [6, 6.07) is 7.66. The van der Waals surface area contributed by atoms with Crippen LogP contribution in [0.5, 0.6) is 0 Å². The highest BCUT2D eigenvalue weighted by Crippen LogP contribution is 2.31. The van der Waals surface area contributed by atoms with E-state index >= 15 is 0 Å². The van der Waals surface area contributed by atoms with Gasteiger partial charge >= 0.3 is 12.1 Å². The molecule has 0 atom stereocenters. The van der Waals surface area contributed by atoms with Crippen LogP contribution in [-0.4, -0.2) is 52.2 Å². The second kappa shape index (κ2) is 9.77. The number of nitrogens with one attached hydrogen (secondary N) is 2. The van der Waals surface area contributed by atoms with Crippen LogP contribution < -0.4 is 10.6 Å². The number of fused-ring (bicyclic) bond motifs is 1. The van der Waals surface area contributed by atoms with Gasteiger partial charge in [-0.15, -0.1) is 0 Å². The lowest BCUT2D eigenvalue weighted by molar-refractivity contribution is 0.0788. The number of carbonyl (C=O) groups excluding carboxylic acids is 2. The molecule has 4 rings (SSSR count). The normalized spacial score (nSPS) is 16.3. The number of likely N-dealkylation sites (tertiary alicyclic amines) is 1. The molecule has 2 aromatic rings. The second-order valence-corrected chi connectivity index (χ2v) is 9.76. The zero-order valence-electron chi connectivity index (χ0n) is 19.7. The number of anilines is 1. The zero-order valence-corrected chi connectivity index (χ0v) is 19.7. The Morgan fingerprint density at radius 1 is 1.00 bits per heavy atom. The van der Waals surface area contributed by atoms with Gasteiger partial charge in [-0.1, -0.05) is 12.1 Å². The highest BCUT2D eigenvalue weighted by atomic mass is 19.2. The number of urea groups is 2. The molecule has 2 aliphatic rings. The maximum Gasteiger partial charge on any atom is 0.322 e. The molecule has 188 valence electrons. The number of amides is 4. The van der Waals surface area contributed by atoms with Gasteiger partial charge in [0.05, 0.1) is 12.1 Å². The van der Waals surface area contributed by atoms with Crippen molar-refractivity contribution in [3.63, 3.8) is 0 Å². The largest absolute Gasteiger partial charge is 0.389 e. The molecule has 0 spiro atoms. The molecule has 1 saturated heterocycles. The van der Waals surface area contributed by atoms with E-state index in [1.807, 2.05) is 12.1 Å². The van der Waals surface area contributed by atoms with Crippen LogP contribution in [0.15, 0.2) is 30.3 Å². The summed E-state index contributed by atoms with van der Waals surface area (Å²) in [5, 5.41) is 15.2. The van der Waals surface area contributed by atoms with Gasteiger partial charge in [-0.05, 0) is 61.9 Å². The molecule has 0 unspecified atom stereocenters. The molecule has 2 aliphatic heterocycles. The van der Waals surface area contributed by atoms with Crippen LogP contribution in [0.25, 0.3) is 0 Å². The molecule has 1 fully saturated rings. The first-order chi connectivity index (χ1) is 16.5. The van der Waals surface area contributed by atoms with Crippen LogP contribution in [0.2, 0.25) is 0 Å². The summed E-state index contributed by atoms with van der Waals surface area (Å²) in [6.45, 7) is 4.53. The fourth-order valence-electron chi connectivity index (χ4n) is 4.45. The van der Waals surface area contributed by atoms with Gasteiger partial charge in [0, 0.05) is 37.4 Å². The Hall–Kier alpha value is -3.27. The summed E-state index contributed by atoms with van der Waals surface area (Å²) in [5.74, 6) is -3.76. The zero-order chi connectivity index (χ0) is 25.3. The van der Waals surface area contributed by atoms with Gasteiger partial charge in [0.15, 0.2) is 17.5 Å². The van der Waals surface area contributed by atoms with Crippen molar-refractivity contribution in [1.29, 1.82) is 0 Å². The van der Waals surface area contributed by atoms with E-state index in [4.69, 9.17) is 0 Å². The van der Waals surface area contributed by atoms with Gasteiger partial charge < -0.3 is 25.5 Å².